The Morgan fingerprint density at radius 2 is 0.713 bits per heavy atom. The molecule has 9 heterocycles. The Morgan fingerprint density at radius 1 is 0.416 bits per heavy atom. The maximum Gasteiger partial charge on any atom is 0.334 e. The van der Waals surface area contributed by atoms with Crippen LogP contribution < -0.4 is 36.0 Å². The van der Waals surface area contributed by atoms with Gasteiger partial charge in [-0.2, -0.15) is 0 Å². The molecule has 0 radical (unpaired) electrons. The summed E-state index contributed by atoms with van der Waals surface area (Å²) < 4.78 is 33.2. The van der Waals surface area contributed by atoms with E-state index in [1.165, 1.54) is 23.8 Å². The summed E-state index contributed by atoms with van der Waals surface area (Å²) in [4.78, 5) is 94.8. The topological polar surface area (TPSA) is 217 Å². The summed E-state index contributed by atoms with van der Waals surface area (Å²) in [6.45, 7) is 17.9. The highest BCUT2D eigenvalue weighted by molar-refractivity contribution is 6.31. The summed E-state index contributed by atoms with van der Waals surface area (Å²) in [6, 6.07) is 48.0. The molecule has 0 spiro atoms. The fourth-order valence-corrected chi connectivity index (χ4v) is 13.3. The molecule has 101 heavy (non-hydrogen) atoms. The molecule has 0 bridgehead atoms. The lowest BCUT2D eigenvalue weighted by Gasteiger charge is -2.15. The quantitative estimate of drug-likeness (QED) is 0.0823. The Morgan fingerprint density at radius 3 is 1.03 bits per heavy atom. The fourth-order valence-electron chi connectivity index (χ4n) is 13.1. The summed E-state index contributed by atoms with van der Waals surface area (Å²) in [7, 11) is 1.62. The lowest BCUT2D eigenvalue weighted by molar-refractivity contribution is -0.125. The molecule has 0 unspecified atom stereocenters. The van der Waals surface area contributed by atoms with Crippen molar-refractivity contribution in [3.8, 4) is 57.3 Å². The number of pyridine rings is 3. The number of likely N-dealkylation sites (tertiary alicyclic amines) is 3. The maximum absolute atomic E-state index is 13.6. The normalized spacial score (nSPS) is 15.6. The Kier molecular flexibility index (Phi) is 19.6. The average molecular weight is 1370 g/mol. The Balaban J connectivity index is 0.000000135. The standard InChI is InChI=1S/C26H23ClN4O3.C26H24N4O4.C26H24N4O3/c1-3-25(32)29-13-11-19(16-29)31-23-10-12-28-15-24(23)30(26(31)33)18-5-8-20(9-6-18)34-21-7-4-17(2)22(27)14-21;1-3-25(31)28-15-13-19(17-28)30-23-12-14-27-16-24(23)29(26(30)32)18-4-6-21(7-5-18)34-22-10-8-20(33-2)9-11-22;1-3-25(31)28-15-13-20(17-28)30-23-12-14-27-16-24(23)29(26(30)32)19-6-10-22(11-7-19)33-21-8-4-18(2)5-9-21/h3-10,12,14-15,19H,1,11,13,16H2,2H3;3-12,14,16,19H,1,13,15,17H2,2H3;3-12,14,16,20H,1,13,15,17H2,2H3/t2*19-;20-/m111/s1. The monoisotopic (exact) mass is 1370 g/mol. The van der Waals surface area contributed by atoms with E-state index < -0.39 is 0 Å². The number of benzene rings is 6. The van der Waals surface area contributed by atoms with Gasteiger partial charge >= 0.3 is 17.1 Å². The number of hydrogen-bond donors (Lipinski definition) is 0. The molecule has 3 atom stereocenters. The van der Waals surface area contributed by atoms with E-state index in [1.54, 1.807) is 92.5 Å². The minimum Gasteiger partial charge on any atom is -0.497 e. The number of carbonyl (C=O) groups excluding carboxylic acids is 3. The van der Waals surface area contributed by atoms with Crippen LogP contribution in [0.1, 0.15) is 48.5 Å². The smallest absolute Gasteiger partial charge is 0.334 e. The zero-order valence-corrected chi connectivity index (χ0v) is 56.5. The van der Waals surface area contributed by atoms with Gasteiger partial charge in [0.1, 0.15) is 40.2 Å². The minimum atomic E-state index is -0.167. The maximum atomic E-state index is 13.6. The van der Waals surface area contributed by atoms with Crippen LogP contribution in [0.15, 0.2) is 247 Å². The van der Waals surface area contributed by atoms with E-state index in [0.717, 1.165) is 44.8 Å². The number of methoxy groups -OCH3 is 1. The van der Waals surface area contributed by atoms with Crippen molar-refractivity contribution in [3.63, 3.8) is 0 Å². The second-order valence-electron chi connectivity index (χ2n) is 24.5. The number of imidazole rings is 3. The van der Waals surface area contributed by atoms with E-state index in [-0.39, 0.29) is 52.9 Å². The molecule has 510 valence electrons. The Bertz CT molecular complexity index is 5290. The molecule has 15 rings (SSSR count). The molecule has 3 fully saturated rings. The first-order valence-corrected chi connectivity index (χ1v) is 33.2. The highest BCUT2D eigenvalue weighted by atomic mass is 35.5. The number of hydrogen-bond acceptors (Lipinski definition) is 13. The summed E-state index contributed by atoms with van der Waals surface area (Å²) in [5.74, 6) is 4.46. The molecule has 6 aromatic carbocycles. The summed E-state index contributed by atoms with van der Waals surface area (Å²) >= 11 is 6.20. The SMILES string of the molecule is C=CC(=O)N1CC[C@@H](n2c(=O)n(-c3ccc(Oc4ccc(C)c(Cl)c4)cc3)c3cnccc32)C1.C=CC(=O)N1CC[C@@H](n2c(=O)n(-c3ccc(Oc4ccc(C)cc4)cc3)c3cnccc32)C1.C=CC(=O)N1CC[C@@H](n2c(=O)n(-c3ccc(Oc4ccc(OC)cc4)cc3)c3cnccc32)C1. The Hall–Kier alpha value is -12.3. The number of fused-ring (bicyclic) bond motifs is 3. The van der Waals surface area contributed by atoms with Crippen LogP contribution in [0.25, 0.3) is 50.2 Å². The number of halogens is 1. The fraction of sp³-hybridized carbons (Fsp3) is 0.192. The first kappa shape index (κ1) is 67.3. The van der Waals surface area contributed by atoms with Gasteiger partial charge in [0, 0.05) is 62.9 Å². The summed E-state index contributed by atoms with van der Waals surface area (Å²) in [5, 5.41) is 0.640. The predicted octanol–water partition coefficient (Wildman–Crippen LogP) is 13.1. The van der Waals surface area contributed by atoms with Crippen molar-refractivity contribution in [1.82, 2.24) is 57.1 Å². The van der Waals surface area contributed by atoms with Crippen LogP contribution in [-0.4, -0.2) is 121 Å². The van der Waals surface area contributed by atoms with E-state index >= 15 is 0 Å². The van der Waals surface area contributed by atoms with Gasteiger partial charge in [-0.05, 0) is 196 Å². The number of nitrogens with zero attached hydrogens (tertiary/aromatic N) is 12. The predicted molar refractivity (Wildman–Crippen MR) is 388 cm³/mol. The van der Waals surface area contributed by atoms with Gasteiger partial charge in [-0.1, -0.05) is 55.1 Å². The zero-order chi connectivity index (χ0) is 70.4. The molecule has 3 aliphatic rings. The Labute approximate surface area is 585 Å². The van der Waals surface area contributed by atoms with Gasteiger partial charge in [0.05, 0.1) is 94.0 Å². The van der Waals surface area contributed by atoms with Crippen LogP contribution in [0.5, 0.6) is 40.2 Å². The van der Waals surface area contributed by atoms with E-state index in [0.29, 0.717) is 115 Å². The lowest BCUT2D eigenvalue weighted by Crippen LogP contribution is -2.31. The number of aryl methyl sites for hydroxylation is 2. The molecule has 0 aliphatic carbocycles. The van der Waals surface area contributed by atoms with Gasteiger partial charge in [-0.15, -0.1) is 0 Å². The van der Waals surface area contributed by atoms with Crippen LogP contribution in [0.4, 0.5) is 0 Å². The third-order valence-corrected chi connectivity index (χ3v) is 18.7. The van der Waals surface area contributed by atoms with Gasteiger partial charge < -0.3 is 33.6 Å². The minimum absolute atomic E-state index is 0.100. The van der Waals surface area contributed by atoms with Crippen molar-refractivity contribution in [2.45, 2.75) is 51.2 Å². The third-order valence-electron chi connectivity index (χ3n) is 18.3. The molecule has 6 aromatic heterocycles. The van der Waals surface area contributed by atoms with Crippen molar-refractivity contribution < 1.29 is 33.3 Å². The van der Waals surface area contributed by atoms with Crippen LogP contribution in [0.3, 0.4) is 0 Å². The van der Waals surface area contributed by atoms with Gasteiger partial charge in [0.25, 0.3) is 0 Å². The molecule has 22 nitrogen and oxygen atoms in total. The van der Waals surface area contributed by atoms with Crippen LogP contribution >= 0.6 is 11.6 Å². The van der Waals surface area contributed by atoms with E-state index in [1.807, 2.05) is 166 Å². The van der Waals surface area contributed by atoms with E-state index in [4.69, 9.17) is 30.5 Å². The zero-order valence-electron chi connectivity index (χ0n) is 55.8. The van der Waals surface area contributed by atoms with E-state index in [9.17, 15) is 28.8 Å². The summed E-state index contributed by atoms with van der Waals surface area (Å²) in [6.07, 6.45) is 16.2. The van der Waals surface area contributed by atoms with Crippen LogP contribution in [0.2, 0.25) is 5.02 Å². The highest BCUT2D eigenvalue weighted by Gasteiger charge is 2.33. The van der Waals surface area contributed by atoms with Crippen LogP contribution in [0, 0.1) is 13.8 Å². The highest BCUT2D eigenvalue weighted by Crippen LogP contribution is 2.34. The number of carbonyl (C=O) groups is 3. The number of aromatic nitrogens is 9. The summed E-state index contributed by atoms with van der Waals surface area (Å²) in [5.41, 5.74) is 8.32. The first-order chi connectivity index (χ1) is 49.1. The molecule has 12 aromatic rings. The van der Waals surface area contributed by atoms with Gasteiger partial charge in [-0.3, -0.25) is 56.7 Å². The molecule has 0 saturated carbocycles. The molecular weight excluding hydrogens is 1300 g/mol. The molecule has 3 amide bonds. The van der Waals surface area contributed by atoms with Crippen molar-refractivity contribution in [3.05, 3.63) is 280 Å². The van der Waals surface area contributed by atoms with Crippen molar-refractivity contribution in [1.29, 1.82) is 0 Å². The van der Waals surface area contributed by atoms with Gasteiger partial charge in [0.2, 0.25) is 17.7 Å². The third kappa shape index (κ3) is 14.0. The van der Waals surface area contributed by atoms with Gasteiger partial charge in [-0.25, -0.2) is 14.4 Å². The van der Waals surface area contributed by atoms with Crippen LogP contribution in [-0.2, 0) is 14.4 Å². The van der Waals surface area contributed by atoms with E-state index in [2.05, 4.69) is 34.7 Å². The number of rotatable bonds is 16. The number of amides is 3. The first-order valence-electron chi connectivity index (χ1n) is 32.9. The molecule has 3 aliphatic heterocycles. The van der Waals surface area contributed by atoms with Crippen molar-refractivity contribution in [2.75, 3.05) is 46.4 Å². The molecule has 3 saturated heterocycles. The second kappa shape index (κ2) is 29.4. The average Bonchev–Trinajstić information content (AvgIpc) is 1.61. The lowest BCUT2D eigenvalue weighted by atomic mass is 10.2. The molecular formula is C78H71ClN12O10. The molecule has 23 heteroatoms. The second-order valence-corrected chi connectivity index (χ2v) is 24.9. The molecule has 0 N–H and O–H groups in total. The number of ether oxygens (including phenoxy) is 4. The largest absolute Gasteiger partial charge is 0.497 e. The van der Waals surface area contributed by atoms with Crippen molar-refractivity contribution in [2.24, 2.45) is 0 Å². The van der Waals surface area contributed by atoms with Gasteiger partial charge in [0.15, 0.2) is 0 Å². The van der Waals surface area contributed by atoms with Crippen molar-refractivity contribution >= 4 is 62.4 Å².